The topological polar surface area (TPSA) is 46.5 Å². The molecule has 0 saturated heterocycles. The Hall–Kier alpha value is -1.09. The standard InChI is InChI=1S/C19H32O3/c1-4-5-6-7-8-9-13-19(18(20)21)14-10-11-16(2)17(19)12-15-22-3/h10-11,14,17H,4-9,12-13,15H2,1-3H3,(H,20,21). The van der Waals surface area contributed by atoms with Crippen molar-refractivity contribution >= 4 is 5.97 Å². The molecule has 22 heavy (non-hydrogen) atoms. The zero-order valence-corrected chi connectivity index (χ0v) is 14.4. The summed E-state index contributed by atoms with van der Waals surface area (Å²) in [6.07, 6.45) is 14.5. The fraction of sp³-hybridized carbons (Fsp3) is 0.737. The van der Waals surface area contributed by atoms with Gasteiger partial charge in [0.25, 0.3) is 0 Å². The van der Waals surface area contributed by atoms with Crippen LogP contribution in [0.2, 0.25) is 0 Å². The summed E-state index contributed by atoms with van der Waals surface area (Å²) in [6.45, 7) is 4.86. The van der Waals surface area contributed by atoms with Gasteiger partial charge in [-0.05, 0) is 19.8 Å². The first-order chi connectivity index (χ1) is 10.6. The van der Waals surface area contributed by atoms with Crippen LogP contribution in [0.3, 0.4) is 0 Å². The highest BCUT2D eigenvalue weighted by Gasteiger charge is 2.44. The Kier molecular flexibility index (Phi) is 8.47. The van der Waals surface area contributed by atoms with Gasteiger partial charge >= 0.3 is 5.97 Å². The van der Waals surface area contributed by atoms with E-state index in [-0.39, 0.29) is 5.92 Å². The second kappa shape index (κ2) is 9.83. The maximum absolute atomic E-state index is 12.0. The molecule has 1 aliphatic carbocycles. The second-order valence-electron chi connectivity index (χ2n) is 6.47. The summed E-state index contributed by atoms with van der Waals surface area (Å²) >= 11 is 0. The average molecular weight is 308 g/mol. The van der Waals surface area contributed by atoms with Crippen LogP contribution in [0.4, 0.5) is 0 Å². The Labute approximate surface area is 135 Å². The molecule has 126 valence electrons. The molecule has 0 radical (unpaired) electrons. The van der Waals surface area contributed by atoms with Crippen LogP contribution in [-0.2, 0) is 9.53 Å². The quantitative estimate of drug-likeness (QED) is 0.548. The second-order valence-corrected chi connectivity index (χ2v) is 6.47. The third-order valence-electron chi connectivity index (χ3n) is 4.88. The van der Waals surface area contributed by atoms with E-state index >= 15 is 0 Å². The van der Waals surface area contributed by atoms with Crippen molar-refractivity contribution < 1.29 is 14.6 Å². The number of carboxylic acids is 1. The highest BCUT2D eigenvalue weighted by Crippen LogP contribution is 2.44. The van der Waals surface area contributed by atoms with Crippen LogP contribution in [0.15, 0.2) is 23.8 Å². The number of carboxylic acid groups (broad SMARTS) is 1. The molecule has 1 rings (SSSR count). The Morgan fingerprint density at radius 1 is 1.27 bits per heavy atom. The lowest BCUT2D eigenvalue weighted by atomic mass is 9.65. The number of unbranched alkanes of at least 4 members (excludes halogenated alkanes) is 5. The van der Waals surface area contributed by atoms with Gasteiger partial charge < -0.3 is 9.84 Å². The molecule has 2 unspecified atom stereocenters. The minimum absolute atomic E-state index is 0.0468. The number of allylic oxidation sites excluding steroid dienone is 3. The maximum atomic E-state index is 12.0. The van der Waals surface area contributed by atoms with Gasteiger partial charge in [0, 0.05) is 19.6 Å². The van der Waals surface area contributed by atoms with E-state index in [0.717, 1.165) is 31.3 Å². The highest BCUT2D eigenvalue weighted by atomic mass is 16.5. The van der Waals surface area contributed by atoms with E-state index in [1.165, 1.54) is 25.7 Å². The fourth-order valence-electron chi connectivity index (χ4n) is 3.51. The van der Waals surface area contributed by atoms with Crippen LogP contribution in [0.25, 0.3) is 0 Å². The lowest BCUT2D eigenvalue weighted by Gasteiger charge is -2.37. The third-order valence-corrected chi connectivity index (χ3v) is 4.88. The van der Waals surface area contributed by atoms with E-state index in [1.807, 2.05) is 25.2 Å². The average Bonchev–Trinajstić information content (AvgIpc) is 2.49. The Morgan fingerprint density at radius 2 is 1.95 bits per heavy atom. The van der Waals surface area contributed by atoms with Crippen LogP contribution in [0, 0.1) is 11.3 Å². The van der Waals surface area contributed by atoms with Crippen molar-refractivity contribution in [1.29, 1.82) is 0 Å². The van der Waals surface area contributed by atoms with E-state index in [1.54, 1.807) is 7.11 Å². The largest absolute Gasteiger partial charge is 0.481 e. The molecule has 0 amide bonds. The van der Waals surface area contributed by atoms with E-state index in [9.17, 15) is 9.90 Å². The summed E-state index contributed by atoms with van der Waals surface area (Å²) in [5.74, 6) is -0.642. The monoisotopic (exact) mass is 308 g/mol. The molecule has 0 aromatic carbocycles. The summed E-state index contributed by atoms with van der Waals surface area (Å²) in [6, 6.07) is 0. The Bertz CT molecular complexity index is 397. The van der Waals surface area contributed by atoms with Gasteiger partial charge in [-0.25, -0.2) is 0 Å². The van der Waals surface area contributed by atoms with Gasteiger partial charge in [0.1, 0.15) is 0 Å². The normalized spacial score (nSPS) is 24.3. The molecule has 0 fully saturated rings. The van der Waals surface area contributed by atoms with Crippen LogP contribution < -0.4 is 0 Å². The fourth-order valence-corrected chi connectivity index (χ4v) is 3.51. The Balaban J connectivity index is 2.69. The molecule has 2 atom stereocenters. The Morgan fingerprint density at radius 3 is 2.59 bits per heavy atom. The minimum Gasteiger partial charge on any atom is -0.481 e. The summed E-state index contributed by atoms with van der Waals surface area (Å²) < 4.78 is 5.19. The van der Waals surface area contributed by atoms with Crippen LogP contribution in [0.1, 0.15) is 65.2 Å². The van der Waals surface area contributed by atoms with Gasteiger partial charge in [0.05, 0.1) is 5.41 Å². The molecule has 0 spiro atoms. The predicted molar refractivity (Wildman–Crippen MR) is 90.9 cm³/mol. The van der Waals surface area contributed by atoms with Crippen LogP contribution in [0.5, 0.6) is 0 Å². The summed E-state index contributed by atoms with van der Waals surface area (Å²) in [5.41, 5.74) is 0.412. The molecule has 3 nitrogen and oxygen atoms in total. The summed E-state index contributed by atoms with van der Waals surface area (Å²) in [5, 5.41) is 9.90. The number of hydrogen-bond acceptors (Lipinski definition) is 2. The maximum Gasteiger partial charge on any atom is 0.314 e. The third kappa shape index (κ3) is 4.98. The van der Waals surface area contributed by atoms with Crippen molar-refractivity contribution in [3.63, 3.8) is 0 Å². The van der Waals surface area contributed by atoms with E-state index in [4.69, 9.17) is 4.74 Å². The molecule has 0 aromatic heterocycles. The molecule has 3 heteroatoms. The lowest BCUT2D eigenvalue weighted by molar-refractivity contribution is -0.149. The summed E-state index contributed by atoms with van der Waals surface area (Å²) in [4.78, 5) is 12.0. The smallest absolute Gasteiger partial charge is 0.314 e. The number of hydrogen-bond donors (Lipinski definition) is 1. The SMILES string of the molecule is CCCCCCCCC1(C(=O)O)C=CC=C(C)C1CCOC. The minimum atomic E-state index is -0.748. The predicted octanol–water partition coefficient (Wildman–Crippen LogP) is 4.98. The molecule has 0 saturated carbocycles. The number of carbonyl (C=O) groups is 1. The zero-order chi connectivity index (χ0) is 16.4. The van der Waals surface area contributed by atoms with Gasteiger partial charge in [0.2, 0.25) is 0 Å². The highest BCUT2D eigenvalue weighted by molar-refractivity contribution is 5.78. The van der Waals surface area contributed by atoms with Crippen molar-refractivity contribution in [3.05, 3.63) is 23.8 Å². The van der Waals surface area contributed by atoms with Crippen LogP contribution in [-0.4, -0.2) is 24.8 Å². The van der Waals surface area contributed by atoms with Crippen molar-refractivity contribution in [2.24, 2.45) is 11.3 Å². The number of ether oxygens (including phenoxy) is 1. The number of rotatable bonds is 11. The van der Waals surface area contributed by atoms with Crippen molar-refractivity contribution in [2.75, 3.05) is 13.7 Å². The zero-order valence-electron chi connectivity index (χ0n) is 14.4. The molecule has 0 heterocycles. The van der Waals surface area contributed by atoms with Gasteiger partial charge in [-0.2, -0.15) is 0 Å². The number of methoxy groups -OCH3 is 1. The van der Waals surface area contributed by atoms with Crippen molar-refractivity contribution in [3.8, 4) is 0 Å². The first-order valence-corrected chi connectivity index (χ1v) is 8.66. The van der Waals surface area contributed by atoms with Crippen LogP contribution >= 0.6 is 0 Å². The molecule has 1 N–H and O–H groups in total. The molecule has 1 aliphatic rings. The molecule has 0 bridgehead atoms. The van der Waals surface area contributed by atoms with Gasteiger partial charge in [-0.15, -0.1) is 0 Å². The van der Waals surface area contributed by atoms with E-state index < -0.39 is 11.4 Å². The van der Waals surface area contributed by atoms with Crippen molar-refractivity contribution in [2.45, 2.75) is 65.2 Å². The van der Waals surface area contributed by atoms with E-state index in [2.05, 4.69) is 6.92 Å². The molecular formula is C19H32O3. The summed E-state index contributed by atoms with van der Waals surface area (Å²) in [7, 11) is 1.67. The van der Waals surface area contributed by atoms with Gasteiger partial charge in [0.15, 0.2) is 0 Å². The number of aliphatic carboxylic acids is 1. The van der Waals surface area contributed by atoms with Gasteiger partial charge in [-0.1, -0.05) is 69.2 Å². The molecule has 0 aromatic rings. The van der Waals surface area contributed by atoms with Crippen molar-refractivity contribution in [1.82, 2.24) is 0 Å². The first-order valence-electron chi connectivity index (χ1n) is 8.66. The molecular weight excluding hydrogens is 276 g/mol. The molecule has 0 aliphatic heterocycles. The van der Waals surface area contributed by atoms with E-state index in [0.29, 0.717) is 6.61 Å². The lowest BCUT2D eigenvalue weighted by Crippen LogP contribution is -2.39. The first kappa shape index (κ1) is 19.0. The van der Waals surface area contributed by atoms with Gasteiger partial charge in [-0.3, -0.25) is 4.79 Å².